The number of hydrogen-bond donors (Lipinski definition) is 2. The highest BCUT2D eigenvalue weighted by Gasteiger charge is 2.40. The third-order valence-corrected chi connectivity index (χ3v) is 5.00. The molecule has 2 saturated carbocycles. The van der Waals surface area contributed by atoms with Crippen molar-refractivity contribution in [1.29, 1.82) is 0 Å². The van der Waals surface area contributed by atoms with Crippen molar-refractivity contribution in [2.24, 2.45) is 28.6 Å². The number of oxime groups is 1. The zero-order chi connectivity index (χ0) is 14.7. The lowest BCUT2D eigenvalue weighted by atomic mass is 9.86. The Hall–Kier alpha value is -1.26. The topological polar surface area (TPSA) is 78.9 Å². The predicted octanol–water partition coefficient (Wildman–Crippen LogP) is 2.19. The Morgan fingerprint density at radius 3 is 2.65 bits per heavy atom. The van der Waals surface area contributed by atoms with Crippen LogP contribution in [0, 0.1) is 17.8 Å². The molecule has 3 atom stereocenters. The van der Waals surface area contributed by atoms with Crippen LogP contribution in [0.15, 0.2) is 5.16 Å². The van der Waals surface area contributed by atoms with Gasteiger partial charge in [-0.15, -0.1) is 0 Å². The highest BCUT2D eigenvalue weighted by molar-refractivity contribution is 5.81. The number of hydrogen-bond acceptors (Lipinski definition) is 3. The van der Waals surface area contributed by atoms with Crippen molar-refractivity contribution in [3.05, 3.63) is 0 Å². The van der Waals surface area contributed by atoms with Gasteiger partial charge >= 0.3 is 0 Å². The van der Waals surface area contributed by atoms with E-state index < -0.39 is 0 Å². The van der Waals surface area contributed by atoms with Crippen LogP contribution in [0.5, 0.6) is 0 Å². The van der Waals surface area contributed by atoms with E-state index in [2.05, 4.69) is 5.16 Å². The van der Waals surface area contributed by atoms with Crippen molar-refractivity contribution >= 4 is 11.7 Å². The number of nitrogens with two attached hydrogens (primary N) is 1. The quantitative estimate of drug-likeness (QED) is 0.339. The Morgan fingerprint density at radius 2 is 2.15 bits per heavy atom. The van der Waals surface area contributed by atoms with Crippen molar-refractivity contribution in [2.45, 2.75) is 58.4 Å². The minimum absolute atomic E-state index is 0.160. The van der Waals surface area contributed by atoms with Gasteiger partial charge in [-0.1, -0.05) is 11.6 Å². The fourth-order valence-electron chi connectivity index (χ4n) is 3.92. The number of rotatable bonds is 6. The van der Waals surface area contributed by atoms with Crippen molar-refractivity contribution in [3.8, 4) is 0 Å². The van der Waals surface area contributed by atoms with E-state index in [1.165, 1.54) is 25.7 Å². The molecule has 0 aromatic heterocycles. The van der Waals surface area contributed by atoms with E-state index in [1.807, 2.05) is 18.7 Å². The van der Waals surface area contributed by atoms with Crippen molar-refractivity contribution in [1.82, 2.24) is 4.90 Å². The first kappa shape index (κ1) is 15.1. The van der Waals surface area contributed by atoms with E-state index in [0.29, 0.717) is 25.3 Å². The first-order valence-electron chi connectivity index (χ1n) is 7.77. The van der Waals surface area contributed by atoms with Crippen LogP contribution in [0.4, 0.5) is 0 Å². The summed E-state index contributed by atoms with van der Waals surface area (Å²) in [6.07, 6.45) is 6.36. The molecule has 1 amide bonds. The van der Waals surface area contributed by atoms with E-state index in [9.17, 15) is 4.79 Å². The molecule has 2 rings (SSSR count). The lowest BCUT2D eigenvalue weighted by molar-refractivity contribution is -0.134. The molecule has 2 aliphatic carbocycles. The SMILES string of the molecule is CC(C)N(CCC(N)=NO)C(=O)CC1CC2CCC1C2. The maximum atomic E-state index is 12.5. The Bertz CT molecular complexity index is 381. The second kappa shape index (κ2) is 6.46. The molecule has 3 N–H and O–H groups in total. The van der Waals surface area contributed by atoms with Crippen molar-refractivity contribution < 1.29 is 10.0 Å². The fourth-order valence-corrected chi connectivity index (χ4v) is 3.92. The lowest BCUT2D eigenvalue weighted by Crippen LogP contribution is -2.40. The smallest absolute Gasteiger partial charge is 0.223 e. The molecule has 0 saturated heterocycles. The maximum Gasteiger partial charge on any atom is 0.223 e. The summed E-state index contributed by atoms with van der Waals surface area (Å²) in [4.78, 5) is 14.4. The zero-order valence-corrected chi connectivity index (χ0v) is 12.6. The molecule has 0 radical (unpaired) electrons. The molecule has 3 unspecified atom stereocenters. The summed E-state index contributed by atoms with van der Waals surface area (Å²) >= 11 is 0. The van der Waals surface area contributed by atoms with E-state index in [0.717, 1.165) is 11.8 Å². The van der Waals surface area contributed by atoms with Gasteiger partial charge in [-0.3, -0.25) is 4.79 Å². The average Bonchev–Trinajstić information content (AvgIpc) is 3.00. The van der Waals surface area contributed by atoms with Gasteiger partial charge in [-0.05, 0) is 50.9 Å². The largest absolute Gasteiger partial charge is 0.409 e. The van der Waals surface area contributed by atoms with Crippen molar-refractivity contribution in [2.75, 3.05) is 6.54 Å². The van der Waals surface area contributed by atoms with Gasteiger partial charge < -0.3 is 15.8 Å². The molecule has 0 spiro atoms. The first-order valence-corrected chi connectivity index (χ1v) is 7.77. The normalized spacial score (nSPS) is 29.1. The van der Waals surface area contributed by atoms with Crippen LogP contribution in [0.25, 0.3) is 0 Å². The highest BCUT2D eigenvalue weighted by atomic mass is 16.4. The van der Waals surface area contributed by atoms with Crippen LogP contribution in [-0.4, -0.2) is 34.4 Å². The van der Waals surface area contributed by atoms with Crippen LogP contribution in [0.1, 0.15) is 52.4 Å². The van der Waals surface area contributed by atoms with Gasteiger partial charge in [0.25, 0.3) is 0 Å². The van der Waals surface area contributed by atoms with E-state index in [4.69, 9.17) is 10.9 Å². The number of fused-ring (bicyclic) bond motifs is 2. The molecule has 114 valence electrons. The Kier molecular flexibility index (Phi) is 4.89. The first-order chi connectivity index (χ1) is 9.51. The van der Waals surface area contributed by atoms with Gasteiger partial charge in [0.05, 0.1) is 0 Å². The molecule has 2 fully saturated rings. The molecule has 5 heteroatoms. The summed E-state index contributed by atoms with van der Waals surface area (Å²) in [5, 5.41) is 11.6. The fraction of sp³-hybridized carbons (Fsp3) is 0.867. The van der Waals surface area contributed by atoms with Crippen LogP contribution >= 0.6 is 0 Å². The second-order valence-electron chi connectivity index (χ2n) is 6.66. The molecule has 0 aliphatic heterocycles. The van der Waals surface area contributed by atoms with Crippen LogP contribution in [0.3, 0.4) is 0 Å². The number of amidine groups is 1. The molecule has 20 heavy (non-hydrogen) atoms. The van der Waals surface area contributed by atoms with Gasteiger partial charge in [-0.25, -0.2) is 0 Å². The standard InChI is InChI=1S/C15H27N3O2/c1-10(2)18(6-5-14(16)17-20)15(19)9-13-8-11-3-4-12(13)7-11/h10-13,20H,3-9H2,1-2H3,(H2,16,17). The van der Waals surface area contributed by atoms with Gasteiger partial charge in [0.2, 0.25) is 5.91 Å². The molecule has 5 nitrogen and oxygen atoms in total. The van der Waals surface area contributed by atoms with Gasteiger partial charge in [0, 0.05) is 25.4 Å². The number of carbonyl (C=O) groups is 1. The van der Waals surface area contributed by atoms with E-state index in [1.54, 1.807) is 0 Å². The van der Waals surface area contributed by atoms with Crippen LogP contribution < -0.4 is 5.73 Å². The van der Waals surface area contributed by atoms with Gasteiger partial charge in [0.15, 0.2) is 0 Å². The molecule has 0 aromatic rings. The molecule has 2 aliphatic rings. The highest BCUT2D eigenvalue weighted by Crippen LogP contribution is 2.49. The predicted molar refractivity (Wildman–Crippen MR) is 78.4 cm³/mol. The van der Waals surface area contributed by atoms with E-state index in [-0.39, 0.29) is 17.8 Å². The minimum atomic E-state index is 0.160. The van der Waals surface area contributed by atoms with Crippen LogP contribution in [-0.2, 0) is 4.79 Å². The summed E-state index contributed by atoms with van der Waals surface area (Å²) < 4.78 is 0. The number of nitrogens with zero attached hydrogens (tertiary/aromatic N) is 2. The number of amides is 1. The summed E-state index contributed by atoms with van der Waals surface area (Å²) in [6.45, 7) is 4.57. The van der Waals surface area contributed by atoms with Crippen LogP contribution in [0.2, 0.25) is 0 Å². The minimum Gasteiger partial charge on any atom is -0.409 e. The monoisotopic (exact) mass is 281 g/mol. The van der Waals surface area contributed by atoms with Crippen molar-refractivity contribution in [3.63, 3.8) is 0 Å². The molecule has 0 aromatic carbocycles. The number of carbonyl (C=O) groups excluding carboxylic acids is 1. The maximum absolute atomic E-state index is 12.5. The summed E-state index contributed by atoms with van der Waals surface area (Å²) in [5.41, 5.74) is 5.50. The summed E-state index contributed by atoms with van der Waals surface area (Å²) in [6, 6.07) is 0.160. The van der Waals surface area contributed by atoms with Gasteiger partial charge in [-0.2, -0.15) is 0 Å². The third-order valence-electron chi connectivity index (χ3n) is 5.00. The Balaban J connectivity index is 1.87. The lowest BCUT2D eigenvalue weighted by Gasteiger charge is -2.29. The Labute approximate surface area is 121 Å². The van der Waals surface area contributed by atoms with E-state index >= 15 is 0 Å². The molecule has 0 heterocycles. The Morgan fingerprint density at radius 1 is 1.40 bits per heavy atom. The van der Waals surface area contributed by atoms with Gasteiger partial charge in [0.1, 0.15) is 5.84 Å². The summed E-state index contributed by atoms with van der Waals surface area (Å²) in [5.74, 6) is 2.66. The third kappa shape index (κ3) is 3.44. The zero-order valence-electron chi connectivity index (χ0n) is 12.6. The average molecular weight is 281 g/mol. The summed E-state index contributed by atoms with van der Waals surface area (Å²) in [7, 11) is 0. The second-order valence-corrected chi connectivity index (χ2v) is 6.66. The molecule has 2 bridgehead atoms. The molecular weight excluding hydrogens is 254 g/mol. The molecular formula is C15H27N3O2.